The first kappa shape index (κ1) is 12.9. The van der Waals surface area contributed by atoms with Gasteiger partial charge >= 0.3 is 0 Å². The highest BCUT2D eigenvalue weighted by Crippen LogP contribution is 2.37. The fraction of sp³-hybridized carbons (Fsp3) is 0.125. The number of hydrogen-bond donors (Lipinski definition) is 0. The summed E-state index contributed by atoms with van der Waals surface area (Å²) in [6.07, 6.45) is 1.75. The molecule has 2 heteroatoms. The second-order valence-corrected chi connectivity index (χ2v) is 4.94. The Balaban J connectivity index is 2.53. The smallest absolute Gasteiger partial charge is 0.141 e. The summed E-state index contributed by atoms with van der Waals surface area (Å²) in [5.74, 6) is 0.867. The van der Waals surface area contributed by atoms with Crippen LogP contribution in [0.5, 0.6) is 5.75 Å². The molecule has 0 unspecified atom stereocenters. The fourth-order valence-electron chi connectivity index (χ4n) is 1.85. The van der Waals surface area contributed by atoms with Gasteiger partial charge < -0.3 is 4.74 Å². The van der Waals surface area contributed by atoms with Gasteiger partial charge in [-0.15, -0.1) is 0 Å². The van der Waals surface area contributed by atoms with E-state index >= 15 is 0 Å². The molecule has 0 heterocycles. The Labute approximate surface area is 116 Å². The maximum Gasteiger partial charge on any atom is 0.141 e. The lowest BCUT2D eigenvalue weighted by Crippen LogP contribution is -1.97. The van der Waals surface area contributed by atoms with Gasteiger partial charge in [0.1, 0.15) is 12.4 Å². The van der Waals surface area contributed by atoms with Crippen LogP contribution in [0.2, 0.25) is 0 Å². The minimum atomic E-state index is 0.501. The van der Waals surface area contributed by atoms with Crippen LogP contribution in [-0.2, 0) is 0 Å². The van der Waals surface area contributed by atoms with E-state index < -0.39 is 0 Å². The molecule has 18 heavy (non-hydrogen) atoms. The van der Waals surface area contributed by atoms with Crippen molar-refractivity contribution in [3.63, 3.8) is 0 Å². The third-order valence-electron chi connectivity index (χ3n) is 2.62. The van der Waals surface area contributed by atoms with E-state index in [1.165, 1.54) is 5.56 Å². The number of benzene rings is 2. The van der Waals surface area contributed by atoms with Crippen LogP contribution in [0.25, 0.3) is 11.1 Å². The molecule has 0 spiro atoms. The Morgan fingerprint density at radius 2 is 1.94 bits per heavy atom. The molecule has 92 valence electrons. The lowest BCUT2D eigenvalue weighted by molar-refractivity contribution is 0.362. The standard InChI is InChI=1S/C16H15BrO/c1-3-9-18-16-14(10-12(2)11-15(16)17)13-7-5-4-6-8-13/h3-8,10-11H,1,9H2,2H3. The molecule has 1 nitrogen and oxygen atoms in total. The molecule has 0 radical (unpaired) electrons. The maximum absolute atomic E-state index is 5.76. The molecule has 2 aromatic carbocycles. The number of rotatable bonds is 4. The Morgan fingerprint density at radius 3 is 2.61 bits per heavy atom. The Morgan fingerprint density at radius 1 is 1.22 bits per heavy atom. The van der Waals surface area contributed by atoms with Crippen molar-refractivity contribution in [3.05, 3.63) is 65.2 Å². The van der Waals surface area contributed by atoms with Gasteiger partial charge in [-0.2, -0.15) is 0 Å². The molecular weight excluding hydrogens is 288 g/mol. The van der Waals surface area contributed by atoms with Gasteiger partial charge in [0, 0.05) is 5.56 Å². The molecule has 0 aliphatic rings. The zero-order valence-electron chi connectivity index (χ0n) is 10.3. The highest BCUT2D eigenvalue weighted by atomic mass is 79.9. The predicted octanol–water partition coefficient (Wildman–Crippen LogP) is 4.99. The van der Waals surface area contributed by atoms with E-state index in [1.54, 1.807) is 6.08 Å². The average molecular weight is 303 g/mol. The van der Waals surface area contributed by atoms with E-state index in [9.17, 15) is 0 Å². The number of ether oxygens (including phenoxy) is 1. The van der Waals surface area contributed by atoms with Gasteiger partial charge in [-0.25, -0.2) is 0 Å². The first-order chi connectivity index (χ1) is 8.72. The first-order valence-corrected chi connectivity index (χ1v) is 6.61. The van der Waals surface area contributed by atoms with Crippen LogP contribution in [-0.4, -0.2) is 6.61 Å². The minimum absolute atomic E-state index is 0.501. The Bertz CT molecular complexity index is 547. The van der Waals surface area contributed by atoms with Crippen molar-refractivity contribution in [2.24, 2.45) is 0 Å². The van der Waals surface area contributed by atoms with E-state index in [1.807, 2.05) is 18.2 Å². The van der Waals surface area contributed by atoms with Crippen molar-refractivity contribution < 1.29 is 4.74 Å². The van der Waals surface area contributed by atoms with Crippen LogP contribution in [0.1, 0.15) is 5.56 Å². The lowest BCUT2D eigenvalue weighted by atomic mass is 10.0. The number of halogens is 1. The van der Waals surface area contributed by atoms with Crippen molar-refractivity contribution in [2.45, 2.75) is 6.92 Å². The van der Waals surface area contributed by atoms with E-state index in [0.717, 1.165) is 21.3 Å². The average Bonchev–Trinajstić information content (AvgIpc) is 2.38. The van der Waals surface area contributed by atoms with Crippen molar-refractivity contribution >= 4 is 15.9 Å². The quantitative estimate of drug-likeness (QED) is 0.723. The summed E-state index contributed by atoms with van der Waals surface area (Å²) >= 11 is 3.57. The largest absolute Gasteiger partial charge is 0.488 e. The summed E-state index contributed by atoms with van der Waals surface area (Å²) in [5.41, 5.74) is 3.46. The summed E-state index contributed by atoms with van der Waals surface area (Å²) in [6, 6.07) is 14.4. The zero-order chi connectivity index (χ0) is 13.0. The van der Waals surface area contributed by atoms with Crippen LogP contribution in [0.3, 0.4) is 0 Å². The molecule has 0 saturated carbocycles. The van der Waals surface area contributed by atoms with Crippen molar-refractivity contribution in [1.82, 2.24) is 0 Å². The normalized spacial score (nSPS) is 10.1. The van der Waals surface area contributed by atoms with Crippen LogP contribution in [0.4, 0.5) is 0 Å². The summed E-state index contributed by atoms with van der Waals surface area (Å²) in [4.78, 5) is 0. The van der Waals surface area contributed by atoms with E-state index in [4.69, 9.17) is 4.74 Å². The Kier molecular flexibility index (Phi) is 4.21. The molecule has 0 amide bonds. The van der Waals surface area contributed by atoms with Gasteiger partial charge in [0.15, 0.2) is 0 Å². The molecule has 0 N–H and O–H groups in total. The minimum Gasteiger partial charge on any atom is -0.488 e. The van der Waals surface area contributed by atoms with Gasteiger partial charge in [0.2, 0.25) is 0 Å². The molecule has 2 rings (SSSR count). The summed E-state index contributed by atoms with van der Waals surface area (Å²) in [5, 5.41) is 0. The zero-order valence-corrected chi connectivity index (χ0v) is 11.9. The molecule has 0 saturated heterocycles. The second kappa shape index (κ2) is 5.87. The maximum atomic E-state index is 5.76. The molecule has 2 aromatic rings. The van der Waals surface area contributed by atoms with Crippen LogP contribution in [0.15, 0.2) is 59.6 Å². The third kappa shape index (κ3) is 2.82. The van der Waals surface area contributed by atoms with Crippen molar-refractivity contribution in [2.75, 3.05) is 6.61 Å². The topological polar surface area (TPSA) is 9.23 Å². The van der Waals surface area contributed by atoms with Gasteiger partial charge in [0.25, 0.3) is 0 Å². The molecule has 0 fully saturated rings. The second-order valence-electron chi connectivity index (χ2n) is 4.09. The van der Waals surface area contributed by atoms with Gasteiger partial charge in [-0.05, 0) is 46.1 Å². The highest BCUT2D eigenvalue weighted by molar-refractivity contribution is 9.10. The van der Waals surface area contributed by atoms with Crippen molar-refractivity contribution in [3.8, 4) is 16.9 Å². The van der Waals surface area contributed by atoms with Crippen LogP contribution in [0, 0.1) is 6.92 Å². The van der Waals surface area contributed by atoms with E-state index in [-0.39, 0.29) is 0 Å². The number of aryl methyl sites for hydroxylation is 1. The molecule has 0 aliphatic carbocycles. The van der Waals surface area contributed by atoms with Crippen LogP contribution < -0.4 is 4.74 Å². The highest BCUT2D eigenvalue weighted by Gasteiger charge is 2.10. The monoisotopic (exact) mass is 302 g/mol. The molecule has 0 atom stereocenters. The Hall–Kier alpha value is -1.54. The van der Waals surface area contributed by atoms with Gasteiger partial charge in [0.05, 0.1) is 4.47 Å². The van der Waals surface area contributed by atoms with Gasteiger partial charge in [-0.1, -0.05) is 43.0 Å². The predicted molar refractivity (Wildman–Crippen MR) is 80.0 cm³/mol. The molecular formula is C16H15BrO. The molecule has 0 aromatic heterocycles. The van der Waals surface area contributed by atoms with Crippen LogP contribution >= 0.6 is 15.9 Å². The SMILES string of the molecule is C=CCOc1c(Br)cc(C)cc1-c1ccccc1. The molecule has 0 aliphatic heterocycles. The number of hydrogen-bond acceptors (Lipinski definition) is 1. The van der Waals surface area contributed by atoms with E-state index in [0.29, 0.717) is 6.61 Å². The van der Waals surface area contributed by atoms with Crippen molar-refractivity contribution in [1.29, 1.82) is 0 Å². The third-order valence-corrected chi connectivity index (χ3v) is 3.21. The summed E-state index contributed by atoms with van der Waals surface area (Å²) < 4.78 is 6.74. The lowest BCUT2D eigenvalue weighted by Gasteiger charge is -2.13. The summed E-state index contributed by atoms with van der Waals surface area (Å²) in [7, 11) is 0. The fourth-order valence-corrected chi connectivity index (χ4v) is 2.54. The van der Waals surface area contributed by atoms with E-state index in [2.05, 4.69) is 53.7 Å². The summed E-state index contributed by atoms with van der Waals surface area (Å²) in [6.45, 7) is 6.26. The first-order valence-electron chi connectivity index (χ1n) is 5.81. The van der Waals surface area contributed by atoms with Gasteiger partial charge in [-0.3, -0.25) is 0 Å². The molecule has 0 bridgehead atoms.